The highest BCUT2D eigenvalue weighted by molar-refractivity contribution is 7.13. The summed E-state index contributed by atoms with van der Waals surface area (Å²) in [6, 6.07) is 6.63. The first-order chi connectivity index (χ1) is 13.5. The van der Waals surface area contributed by atoms with Gasteiger partial charge in [0.05, 0.1) is 27.0 Å². The van der Waals surface area contributed by atoms with Gasteiger partial charge in [0.1, 0.15) is 18.1 Å². The Hall–Kier alpha value is -3.20. The van der Waals surface area contributed by atoms with Crippen LogP contribution in [0.1, 0.15) is 22.0 Å². The Balaban J connectivity index is 1.66. The van der Waals surface area contributed by atoms with Gasteiger partial charge in [-0.15, -0.1) is 11.3 Å². The van der Waals surface area contributed by atoms with Gasteiger partial charge in [-0.25, -0.2) is 4.98 Å². The highest BCUT2D eigenvalue weighted by Crippen LogP contribution is 2.40. The van der Waals surface area contributed by atoms with Gasteiger partial charge in [0.2, 0.25) is 5.75 Å². The minimum absolute atomic E-state index is 0.127. The van der Waals surface area contributed by atoms with Crippen LogP contribution < -0.4 is 24.3 Å². The number of rotatable bonds is 8. The van der Waals surface area contributed by atoms with Crippen molar-refractivity contribution in [2.24, 2.45) is 0 Å². The Bertz CT molecular complexity index is 940. The van der Waals surface area contributed by atoms with E-state index < -0.39 is 0 Å². The lowest BCUT2D eigenvalue weighted by molar-refractivity contribution is 0.0992. The van der Waals surface area contributed by atoms with Crippen LogP contribution in [0.2, 0.25) is 0 Å². The van der Waals surface area contributed by atoms with E-state index in [0.29, 0.717) is 33.9 Å². The summed E-state index contributed by atoms with van der Waals surface area (Å²) in [4.78, 5) is 16.4. The average molecular weight is 404 g/mol. The summed E-state index contributed by atoms with van der Waals surface area (Å²) in [7, 11) is 4.59. The molecule has 0 radical (unpaired) electrons. The van der Waals surface area contributed by atoms with Gasteiger partial charge < -0.3 is 23.4 Å². The molecule has 148 valence electrons. The number of aromatic nitrogens is 1. The second-order valence-electron chi connectivity index (χ2n) is 5.66. The first-order valence-corrected chi connectivity index (χ1v) is 9.17. The zero-order valence-electron chi connectivity index (χ0n) is 15.9. The number of thiazole rings is 1. The molecule has 0 fully saturated rings. The predicted molar refractivity (Wildman–Crippen MR) is 104 cm³/mol. The summed E-state index contributed by atoms with van der Waals surface area (Å²) >= 11 is 1.35. The standard InChI is InChI=1S/C19H20N2O6S/c1-11-10-28-19(20-11)21-18(22)14-6-5-12(27-14)9-26-13-7-15(23-2)17(25-4)16(8-13)24-3/h5-8,10H,9H2,1-4H3,(H,20,21,22). The van der Waals surface area contributed by atoms with Crippen molar-refractivity contribution in [1.29, 1.82) is 0 Å². The molecule has 0 spiro atoms. The fourth-order valence-corrected chi connectivity index (χ4v) is 3.13. The third-order valence-electron chi connectivity index (χ3n) is 3.74. The molecule has 2 aromatic heterocycles. The number of hydrogen-bond acceptors (Lipinski definition) is 8. The van der Waals surface area contributed by atoms with E-state index in [1.54, 1.807) is 24.3 Å². The minimum atomic E-state index is -0.367. The number of anilines is 1. The highest BCUT2D eigenvalue weighted by atomic mass is 32.1. The van der Waals surface area contributed by atoms with Crippen molar-refractivity contribution < 1.29 is 28.2 Å². The molecule has 0 aliphatic carbocycles. The van der Waals surface area contributed by atoms with Gasteiger partial charge in [-0.1, -0.05) is 0 Å². The number of carbonyl (C=O) groups is 1. The Morgan fingerprint density at radius 3 is 2.43 bits per heavy atom. The minimum Gasteiger partial charge on any atom is -0.493 e. The van der Waals surface area contributed by atoms with Crippen molar-refractivity contribution in [1.82, 2.24) is 4.98 Å². The van der Waals surface area contributed by atoms with Gasteiger partial charge in [-0.2, -0.15) is 0 Å². The quantitative estimate of drug-likeness (QED) is 0.609. The van der Waals surface area contributed by atoms with E-state index in [0.717, 1.165) is 5.69 Å². The molecule has 8 nitrogen and oxygen atoms in total. The molecule has 0 saturated carbocycles. The van der Waals surface area contributed by atoms with Crippen LogP contribution in [0.25, 0.3) is 0 Å². The van der Waals surface area contributed by atoms with Crippen LogP contribution in [-0.4, -0.2) is 32.2 Å². The van der Waals surface area contributed by atoms with Crippen LogP contribution in [-0.2, 0) is 6.61 Å². The van der Waals surface area contributed by atoms with Crippen LogP contribution in [0.5, 0.6) is 23.0 Å². The summed E-state index contributed by atoms with van der Waals surface area (Å²) in [6.45, 7) is 1.99. The van der Waals surface area contributed by atoms with Gasteiger partial charge in [0.25, 0.3) is 5.91 Å². The number of hydrogen-bond donors (Lipinski definition) is 1. The topological polar surface area (TPSA) is 92.1 Å². The molecule has 28 heavy (non-hydrogen) atoms. The number of carbonyl (C=O) groups excluding carboxylic acids is 1. The molecule has 0 aliphatic rings. The first-order valence-electron chi connectivity index (χ1n) is 8.29. The number of nitrogens with one attached hydrogen (secondary N) is 1. The number of nitrogens with zero attached hydrogens (tertiary/aromatic N) is 1. The second kappa shape index (κ2) is 8.66. The zero-order chi connectivity index (χ0) is 20.1. The van der Waals surface area contributed by atoms with Crippen molar-refractivity contribution in [3.8, 4) is 23.0 Å². The van der Waals surface area contributed by atoms with Gasteiger partial charge in [-0.3, -0.25) is 10.1 Å². The molecule has 0 unspecified atom stereocenters. The number of furan rings is 1. The molecule has 0 bridgehead atoms. The van der Waals surface area contributed by atoms with Crippen molar-refractivity contribution in [3.63, 3.8) is 0 Å². The lowest BCUT2D eigenvalue weighted by Gasteiger charge is -2.14. The first kappa shape index (κ1) is 19.6. The largest absolute Gasteiger partial charge is 0.493 e. The molecule has 9 heteroatoms. The van der Waals surface area contributed by atoms with Gasteiger partial charge in [0.15, 0.2) is 22.4 Å². The van der Waals surface area contributed by atoms with Crippen LogP contribution in [0.15, 0.2) is 34.1 Å². The van der Waals surface area contributed by atoms with Crippen molar-refractivity contribution in [3.05, 3.63) is 46.9 Å². The van der Waals surface area contributed by atoms with Crippen LogP contribution in [0.3, 0.4) is 0 Å². The number of aryl methyl sites for hydroxylation is 1. The van der Waals surface area contributed by atoms with E-state index in [2.05, 4.69) is 10.3 Å². The molecule has 3 aromatic rings. The molecule has 1 aromatic carbocycles. The van der Waals surface area contributed by atoms with Crippen molar-refractivity contribution in [2.75, 3.05) is 26.6 Å². The van der Waals surface area contributed by atoms with Crippen LogP contribution in [0, 0.1) is 6.92 Å². The normalized spacial score (nSPS) is 10.4. The Morgan fingerprint density at radius 1 is 1.14 bits per heavy atom. The highest BCUT2D eigenvalue weighted by Gasteiger charge is 2.16. The van der Waals surface area contributed by atoms with Crippen molar-refractivity contribution >= 4 is 22.4 Å². The Morgan fingerprint density at radius 2 is 1.86 bits per heavy atom. The number of benzene rings is 1. The van der Waals surface area contributed by atoms with Crippen LogP contribution >= 0.6 is 11.3 Å². The molecule has 1 N–H and O–H groups in total. The zero-order valence-corrected chi connectivity index (χ0v) is 16.7. The van der Waals surface area contributed by atoms with Gasteiger partial charge in [-0.05, 0) is 19.1 Å². The summed E-state index contributed by atoms with van der Waals surface area (Å²) < 4.78 is 27.2. The lowest BCUT2D eigenvalue weighted by Crippen LogP contribution is -2.10. The molecule has 0 aliphatic heterocycles. The molecule has 3 rings (SSSR count). The average Bonchev–Trinajstić information content (AvgIpc) is 3.34. The van der Waals surface area contributed by atoms with Crippen molar-refractivity contribution in [2.45, 2.75) is 13.5 Å². The summed E-state index contributed by atoms with van der Waals surface area (Å²) in [5.74, 6) is 2.26. The molecular formula is C19H20N2O6S. The third-order valence-corrected chi connectivity index (χ3v) is 4.62. The monoisotopic (exact) mass is 404 g/mol. The molecular weight excluding hydrogens is 384 g/mol. The molecule has 0 atom stereocenters. The third kappa shape index (κ3) is 4.37. The van der Waals surface area contributed by atoms with E-state index in [9.17, 15) is 4.79 Å². The smallest absolute Gasteiger partial charge is 0.293 e. The van der Waals surface area contributed by atoms with Crippen LogP contribution in [0.4, 0.5) is 5.13 Å². The van der Waals surface area contributed by atoms with E-state index in [-0.39, 0.29) is 18.3 Å². The fraction of sp³-hybridized carbons (Fsp3) is 0.263. The summed E-state index contributed by atoms with van der Waals surface area (Å²) in [5, 5.41) is 5.07. The summed E-state index contributed by atoms with van der Waals surface area (Å²) in [5.41, 5.74) is 0.846. The number of amides is 1. The lowest BCUT2D eigenvalue weighted by atomic mass is 10.2. The van der Waals surface area contributed by atoms with E-state index in [1.165, 1.54) is 32.7 Å². The Labute approximate surface area is 166 Å². The number of methoxy groups -OCH3 is 3. The summed E-state index contributed by atoms with van der Waals surface area (Å²) in [6.07, 6.45) is 0. The fourth-order valence-electron chi connectivity index (χ4n) is 2.44. The predicted octanol–water partition coefficient (Wildman–Crippen LogP) is 3.90. The maximum atomic E-state index is 12.2. The van der Waals surface area contributed by atoms with Gasteiger partial charge >= 0.3 is 0 Å². The van der Waals surface area contributed by atoms with E-state index in [4.69, 9.17) is 23.4 Å². The Kier molecular flexibility index (Phi) is 6.05. The second-order valence-corrected chi connectivity index (χ2v) is 6.52. The maximum absolute atomic E-state index is 12.2. The number of ether oxygens (including phenoxy) is 4. The molecule has 2 heterocycles. The molecule has 0 saturated heterocycles. The van der Waals surface area contributed by atoms with E-state index in [1.807, 2.05) is 12.3 Å². The van der Waals surface area contributed by atoms with E-state index >= 15 is 0 Å². The molecule has 1 amide bonds. The maximum Gasteiger partial charge on any atom is 0.293 e. The SMILES string of the molecule is COc1cc(OCc2ccc(C(=O)Nc3nc(C)cs3)o2)cc(OC)c1OC. The van der Waals surface area contributed by atoms with Gasteiger partial charge in [0, 0.05) is 17.5 Å².